The molecular formula is C21H16F3N3O2. The molecule has 0 aromatic heterocycles. The fourth-order valence-corrected chi connectivity index (χ4v) is 2.66. The van der Waals surface area contributed by atoms with Crippen LogP contribution in [0, 0.1) is 11.3 Å². The van der Waals surface area contributed by atoms with Crippen molar-refractivity contribution in [2.75, 3.05) is 18.5 Å². The number of hydrogen-bond acceptors (Lipinski definition) is 5. The Kier molecular flexibility index (Phi) is 5.69. The first-order valence-electron chi connectivity index (χ1n) is 8.66. The van der Waals surface area contributed by atoms with Crippen molar-refractivity contribution in [1.29, 1.82) is 5.26 Å². The van der Waals surface area contributed by atoms with E-state index in [1.54, 1.807) is 18.2 Å². The fraction of sp³-hybridized carbons (Fsp3) is 0.190. The number of ether oxygens (including phenoxy) is 1. The molecule has 148 valence electrons. The second-order valence-corrected chi connectivity index (χ2v) is 6.33. The normalized spacial score (nSPS) is 15.1. The highest BCUT2D eigenvalue weighted by atomic mass is 19.4. The second-order valence-electron chi connectivity index (χ2n) is 6.33. The van der Waals surface area contributed by atoms with E-state index in [2.05, 4.69) is 11.1 Å². The lowest BCUT2D eigenvalue weighted by Gasteiger charge is -2.17. The maximum absolute atomic E-state index is 12.7. The Morgan fingerprint density at radius 1 is 1.14 bits per heavy atom. The third-order valence-electron chi connectivity index (χ3n) is 4.28. The number of carbonyl (C=O) groups is 1. The maximum Gasteiger partial charge on any atom is 0.416 e. The van der Waals surface area contributed by atoms with Gasteiger partial charge in [0.15, 0.2) is 5.70 Å². The second kappa shape index (κ2) is 8.19. The van der Waals surface area contributed by atoms with Gasteiger partial charge < -0.3 is 9.64 Å². The molecule has 0 amide bonds. The first-order chi connectivity index (χ1) is 13.8. The number of alkyl halides is 3. The van der Waals surface area contributed by atoms with Crippen LogP contribution in [0.5, 0.6) is 0 Å². The number of benzene rings is 2. The minimum Gasteiger partial charge on any atom is -0.402 e. The van der Waals surface area contributed by atoms with Crippen LogP contribution in [0.2, 0.25) is 0 Å². The van der Waals surface area contributed by atoms with Crippen LogP contribution in [0.1, 0.15) is 23.1 Å². The third kappa shape index (κ3) is 4.82. The summed E-state index contributed by atoms with van der Waals surface area (Å²) in [5.74, 6) is -0.710. The summed E-state index contributed by atoms with van der Waals surface area (Å²) in [4.78, 5) is 18.1. The summed E-state index contributed by atoms with van der Waals surface area (Å²) in [7, 11) is 1.87. The molecule has 0 N–H and O–H groups in total. The van der Waals surface area contributed by atoms with Crippen LogP contribution in [0.3, 0.4) is 0 Å². The molecule has 1 heterocycles. The van der Waals surface area contributed by atoms with E-state index < -0.39 is 17.7 Å². The van der Waals surface area contributed by atoms with Crippen molar-refractivity contribution in [2.45, 2.75) is 12.6 Å². The van der Waals surface area contributed by atoms with Gasteiger partial charge in [0.25, 0.3) is 0 Å². The van der Waals surface area contributed by atoms with E-state index >= 15 is 0 Å². The van der Waals surface area contributed by atoms with Gasteiger partial charge in [0.2, 0.25) is 5.90 Å². The van der Waals surface area contributed by atoms with E-state index in [0.717, 1.165) is 17.8 Å². The smallest absolute Gasteiger partial charge is 0.402 e. The Hall–Kier alpha value is -3.60. The molecule has 0 aliphatic carbocycles. The van der Waals surface area contributed by atoms with E-state index in [9.17, 15) is 18.0 Å². The summed E-state index contributed by atoms with van der Waals surface area (Å²) < 4.78 is 43.1. The molecule has 0 unspecified atom stereocenters. The quantitative estimate of drug-likeness (QED) is 0.552. The van der Waals surface area contributed by atoms with Gasteiger partial charge in [0.1, 0.15) is 0 Å². The number of nitrogens with zero attached hydrogens (tertiary/aromatic N) is 3. The Morgan fingerprint density at radius 3 is 2.38 bits per heavy atom. The number of cyclic esters (lactones) is 1. The van der Waals surface area contributed by atoms with Crippen LogP contribution in [-0.4, -0.2) is 25.5 Å². The lowest BCUT2D eigenvalue weighted by Crippen LogP contribution is -2.17. The SMILES string of the molecule is CN(CCC#N)c1ccc(/C=C2\N=C(c3ccc(C(F)(F)F)cc3)OC2=O)cc1. The molecule has 0 bridgehead atoms. The fourth-order valence-electron chi connectivity index (χ4n) is 2.66. The van der Waals surface area contributed by atoms with Crippen LogP contribution in [0.4, 0.5) is 18.9 Å². The summed E-state index contributed by atoms with van der Waals surface area (Å²) in [6, 6.07) is 13.6. The lowest BCUT2D eigenvalue weighted by atomic mass is 10.1. The Morgan fingerprint density at radius 2 is 1.79 bits per heavy atom. The lowest BCUT2D eigenvalue weighted by molar-refractivity contribution is -0.137. The van der Waals surface area contributed by atoms with Gasteiger partial charge in [-0.05, 0) is 48.0 Å². The van der Waals surface area contributed by atoms with Crippen LogP contribution < -0.4 is 4.90 Å². The van der Waals surface area contributed by atoms with Crippen molar-refractivity contribution in [3.05, 3.63) is 70.9 Å². The molecule has 0 spiro atoms. The molecule has 1 aliphatic rings. The van der Waals surface area contributed by atoms with Crippen molar-refractivity contribution >= 4 is 23.6 Å². The molecule has 2 aromatic carbocycles. The van der Waals surface area contributed by atoms with E-state index in [1.807, 2.05) is 24.1 Å². The third-order valence-corrected chi connectivity index (χ3v) is 4.28. The molecule has 0 saturated carbocycles. The van der Waals surface area contributed by atoms with Crippen LogP contribution in [0.25, 0.3) is 6.08 Å². The highest BCUT2D eigenvalue weighted by Gasteiger charge is 2.31. The highest BCUT2D eigenvalue weighted by molar-refractivity contribution is 6.12. The summed E-state index contributed by atoms with van der Waals surface area (Å²) in [5.41, 5.74) is 1.19. The van der Waals surface area contributed by atoms with Gasteiger partial charge in [-0.25, -0.2) is 9.79 Å². The number of hydrogen-bond donors (Lipinski definition) is 0. The van der Waals surface area contributed by atoms with Crippen LogP contribution in [-0.2, 0) is 15.7 Å². The number of anilines is 1. The summed E-state index contributed by atoms with van der Waals surface area (Å²) in [6.45, 7) is 0.601. The minimum atomic E-state index is -4.44. The standard InChI is InChI=1S/C21H16F3N3O2/c1-27(12-2-11-25)17-9-3-14(4-10-17)13-18-20(28)29-19(26-18)15-5-7-16(8-6-15)21(22,23)24/h3-10,13H,2,12H2,1H3/b18-13-. The number of carbonyl (C=O) groups excluding carboxylic acids is 1. The maximum atomic E-state index is 12.7. The van der Waals surface area contributed by atoms with Crippen molar-refractivity contribution in [1.82, 2.24) is 0 Å². The molecule has 8 heteroatoms. The Balaban J connectivity index is 1.77. The molecule has 1 aliphatic heterocycles. The average molecular weight is 399 g/mol. The highest BCUT2D eigenvalue weighted by Crippen LogP contribution is 2.29. The number of esters is 1. The van der Waals surface area contributed by atoms with E-state index in [0.29, 0.717) is 18.5 Å². The van der Waals surface area contributed by atoms with Crippen molar-refractivity contribution < 1.29 is 22.7 Å². The van der Waals surface area contributed by atoms with Crippen LogP contribution in [0.15, 0.2) is 59.2 Å². The van der Waals surface area contributed by atoms with Crippen molar-refractivity contribution in [3.8, 4) is 6.07 Å². The first-order valence-corrected chi connectivity index (χ1v) is 8.66. The van der Waals surface area contributed by atoms with Gasteiger partial charge in [-0.3, -0.25) is 0 Å². The van der Waals surface area contributed by atoms with Gasteiger partial charge in [-0.1, -0.05) is 12.1 Å². The summed E-state index contributed by atoms with van der Waals surface area (Å²) in [5, 5.41) is 8.65. The molecule has 2 aromatic rings. The van der Waals surface area contributed by atoms with Gasteiger partial charge in [-0.2, -0.15) is 18.4 Å². The predicted molar refractivity (Wildman–Crippen MR) is 102 cm³/mol. The molecule has 3 rings (SSSR count). The van der Waals surface area contributed by atoms with Gasteiger partial charge >= 0.3 is 12.1 Å². The van der Waals surface area contributed by atoms with E-state index in [1.165, 1.54) is 12.1 Å². The van der Waals surface area contributed by atoms with E-state index in [4.69, 9.17) is 10.00 Å². The Labute approximate surface area is 165 Å². The number of halogens is 3. The molecule has 0 atom stereocenters. The number of nitriles is 1. The monoisotopic (exact) mass is 399 g/mol. The average Bonchev–Trinajstić information content (AvgIpc) is 3.06. The number of rotatable bonds is 5. The zero-order valence-electron chi connectivity index (χ0n) is 15.4. The molecule has 0 saturated heterocycles. The summed E-state index contributed by atoms with van der Waals surface area (Å²) >= 11 is 0. The van der Waals surface area contributed by atoms with E-state index in [-0.39, 0.29) is 17.2 Å². The molecule has 29 heavy (non-hydrogen) atoms. The van der Waals surface area contributed by atoms with Crippen LogP contribution >= 0.6 is 0 Å². The largest absolute Gasteiger partial charge is 0.416 e. The molecule has 5 nitrogen and oxygen atoms in total. The Bertz CT molecular complexity index is 1000. The van der Waals surface area contributed by atoms with Gasteiger partial charge in [0.05, 0.1) is 18.1 Å². The van der Waals surface area contributed by atoms with Gasteiger partial charge in [0, 0.05) is 24.8 Å². The number of aliphatic imine (C=N–C) groups is 1. The first kappa shape index (κ1) is 20.1. The summed E-state index contributed by atoms with van der Waals surface area (Å²) in [6.07, 6.45) is -2.49. The zero-order valence-corrected chi connectivity index (χ0v) is 15.4. The van der Waals surface area contributed by atoms with Gasteiger partial charge in [-0.15, -0.1) is 0 Å². The molecule has 0 fully saturated rings. The molecular weight excluding hydrogens is 383 g/mol. The molecule has 0 radical (unpaired) electrons. The van der Waals surface area contributed by atoms with Crippen molar-refractivity contribution in [2.24, 2.45) is 4.99 Å². The minimum absolute atomic E-state index is 0.0390. The zero-order chi connectivity index (χ0) is 21.0. The predicted octanol–water partition coefficient (Wildman–Crippen LogP) is 4.40. The van der Waals surface area contributed by atoms with Crippen molar-refractivity contribution in [3.63, 3.8) is 0 Å². The topological polar surface area (TPSA) is 65.7 Å².